The average molecular weight is 352 g/mol. The van der Waals surface area contributed by atoms with Gasteiger partial charge < -0.3 is 20.1 Å². The molecule has 1 heterocycles. The number of carboxylic acids is 1. The molecule has 0 aromatic carbocycles. The van der Waals surface area contributed by atoms with Crippen molar-refractivity contribution < 1.29 is 24.9 Å². The molecule has 5 heteroatoms. The zero-order chi connectivity index (χ0) is 18.2. The van der Waals surface area contributed by atoms with E-state index in [1.165, 1.54) is 0 Å². The van der Waals surface area contributed by atoms with E-state index in [0.29, 0.717) is 19.3 Å². The Kier molecular flexibility index (Phi) is 7.97. The van der Waals surface area contributed by atoms with Gasteiger partial charge in [0, 0.05) is 31.1 Å². The highest BCUT2D eigenvalue weighted by Gasteiger charge is 2.46. The fourth-order valence-electron chi connectivity index (χ4n) is 3.86. The van der Waals surface area contributed by atoms with E-state index in [1.54, 1.807) is 0 Å². The molecular weight excluding hydrogens is 320 g/mol. The predicted molar refractivity (Wildman–Crippen MR) is 96.0 cm³/mol. The number of rotatable bonds is 10. The Hall–Kier alpha value is -1.33. The van der Waals surface area contributed by atoms with Gasteiger partial charge in [0.1, 0.15) is 6.10 Å². The number of unbranched alkanes of at least 4 members (excludes halogenated alkanes) is 3. The summed E-state index contributed by atoms with van der Waals surface area (Å²) in [6, 6.07) is 0. The van der Waals surface area contributed by atoms with Gasteiger partial charge in [0.05, 0.1) is 18.0 Å². The predicted octanol–water partition coefficient (Wildman–Crippen LogP) is 3.41. The summed E-state index contributed by atoms with van der Waals surface area (Å²) >= 11 is 0. The summed E-state index contributed by atoms with van der Waals surface area (Å²) in [6.07, 6.45) is 12.0. The normalized spacial score (nSPS) is 31.4. The first-order valence-corrected chi connectivity index (χ1v) is 9.63. The molecule has 1 aliphatic heterocycles. The SMILES string of the molecule is CCCCCC(O)C=CC1C(O)CC2OC(=CCCCC(=O)O)CC21. The second-order valence-electron chi connectivity index (χ2n) is 7.31. The molecular formula is C20H32O5. The van der Waals surface area contributed by atoms with Crippen molar-refractivity contribution in [2.45, 2.75) is 83.0 Å². The van der Waals surface area contributed by atoms with Gasteiger partial charge in [0.2, 0.25) is 0 Å². The van der Waals surface area contributed by atoms with Gasteiger partial charge in [-0.2, -0.15) is 0 Å². The van der Waals surface area contributed by atoms with Crippen LogP contribution in [0.5, 0.6) is 0 Å². The van der Waals surface area contributed by atoms with Crippen molar-refractivity contribution in [3.8, 4) is 0 Å². The van der Waals surface area contributed by atoms with Crippen LogP contribution in [0.3, 0.4) is 0 Å². The molecule has 0 spiro atoms. The maximum atomic E-state index is 10.5. The van der Waals surface area contributed by atoms with Crippen molar-refractivity contribution in [1.82, 2.24) is 0 Å². The van der Waals surface area contributed by atoms with E-state index >= 15 is 0 Å². The van der Waals surface area contributed by atoms with E-state index in [-0.39, 0.29) is 24.4 Å². The second-order valence-corrected chi connectivity index (χ2v) is 7.31. The number of carbonyl (C=O) groups is 1. The molecule has 142 valence electrons. The summed E-state index contributed by atoms with van der Waals surface area (Å²) in [5.74, 6) is 0.429. The molecule has 25 heavy (non-hydrogen) atoms. The third-order valence-corrected chi connectivity index (χ3v) is 5.26. The molecule has 2 fully saturated rings. The second kappa shape index (κ2) is 9.97. The van der Waals surface area contributed by atoms with Crippen LogP contribution in [0.2, 0.25) is 0 Å². The maximum Gasteiger partial charge on any atom is 0.303 e. The van der Waals surface area contributed by atoms with Crippen molar-refractivity contribution in [3.05, 3.63) is 24.0 Å². The molecule has 0 radical (unpaired) electrons. The van der Waals surface area contributed by atoms with Crippen LogP contribution in [-0.2, 0) is 9.53 Å². The lowest BCUT2D eigenvalue weighted by Crippen LogP contribution is -2.18. The number of allylic oxidation sites excluding steroid dienone is 2. The zero-order valence-corrected chi connectivity index (χ0v) is 15.1. The molecule has 0 bridgehead atoms. The Morgan fingerprint density at radius 1 is 1.36 bits per heavy atom. The molecule has 1 saturated heterocycles. The van der Waals surface area contributed by atoms with Crippen molar-refractivity contribution in [1.29, 1.82) is 0 Å². The molecule has 0 aromatic rings. The van der Waals surface area contributed by atoms with Crippen molar-refractivity contribution in [2.75, 3.05) is 0 Å². The molecule has 1 aliphatic carbocycles. The summed E-state index contributed by atoms with van der Waals surface area (Å²) < 4.78 is 5.94. The zero-order valence-electron chi connectivity index (χ0n) is 15.1. The quantitative estimate of drug-likeness (QED) is 0.414. The van der Waals surface area contributed by atoms with Crippen molar-refractivity contribution in [3.63, 3.8) is 0 Å². The van der Waals surface area contributed by atoms with Gasteiger partial charge in [-0.15, -0.1) is 0 Å². The van der Waals surface area contributed by atoms with E-state index in [9.17, 15) is 15.0 Å². The maximum absolute atomic E-state index is 10.5. The lowest BCUT2D eigenvalue weighted by molar-refractivity contribution is -0.137. The van der Waals surface area contributed by atoms with Gasteiger partial charge >= 0.3 is 5.97 Å². The third kappa shape index (κ3) is 6.15. The van der Waals surface area contributed by atoms with Crippen LogP contribution < -0.4 is 0 Å². The lowest BCUT2D eigenvalue weighted by atomic mass is 9.90. The van der Waals surface area contributed by atoms with Gasteiger partial charge in [0.25, 0.3) is 0 Å². The summed E-state index contributed by atoms with van der Waals surface area (Å²) in [4.78, 5) is 10.5. The van der Waals surface area contributed by atoms with Gasteiger partial charge in [-0.05, 0) is 25.3 Å². The van der Waals surface area contributed by atoms with E-state index in [1.807, 2.05) is 18.2 Å². The van der Waals surface area contributed by atoms with Crippen molar-refractivity contribution in [2.24, 2.45) is 11.8 Å². The Morgan fingerprint density at radius 2 is 2.16 bits per heavy atom. The first-order valence-electron chi connectivity index (χ1n) is 9.63. The van der Waals surface area contributed by atoms with Crippen LogP contribution in [0.15, 0.2) is 24.0 Å². The number of carboxylic acid groups (broad SMARTS) is 1. The minimum Gasteiger partial charge on any atom is -0.495 e. The fraction of sp³-hybridized carbons (Fsp3) is 0.750. The van der Waals surface area contributed by atoms with Crippen molar-refractivity contribution >= 4 is 5.97 Å². The number of aliphatic hydroxyl groups is 2. The summed E-state index contributed by atoms with van der Waals surface area (Å²) in [5.41, 5.74) is 0. The Morgan fingerprint density at radius 3 is 2.88 bits per heavy atom. The van der Waals surface area contributed by atoms with Crippen LogP contribution in [0.4, 0.5) is 0 Å². The number of aliphatic hydroxyl groups excluding tert-OH is 2. The van der Waals surface area contributed by atoms with E-state index in [2.05, 4.69) is 6.92 Å². The van der Waals surface area contributed by atoms with Crippen LogP contribution >= 0.6 is 0 Å². The van der Waals surface area contributed by atoms with Gasteiger partial charge in [0.15, 0.2) is 0 Å². The fourth-order valence-corrected chi connectivity index (χ4v) is 3.86. The van der Waals surface area contributed by atoms with Crippen LogP contribution in [-0.4, -0.2) is 39.6 Å². The average Bonchev–Trinajstić information content (AvgIpc) is 3.06. The Bertz CT molecular complexity index is 484. The number of aliphatic carboxylic acids is 1. The van der Waals surface area contributed by atoms with Crippen LogP contribution in [0.1, 0.15) is 64.7 Å². The summed E-state index contributed by atoms with van der Waals surface area (Å²) in [5, 5.41) is 29.0. The van der Waals surface area contributed by atoms with Gasteiger partial charge in [-0.1, -0.05) is 38.3 Å². The molecule has 5 atom stereocenters. The number of ether oxygens (including phenoxy) is 1. The lowest BCUT2D eigenvalue weighted by Gasteiger charge is -2.16. The van der Waals surface area contributed by atoms with Gasteiger partial charge in [-0.25, -0.2) is 0 Å². The van der Waals surface area contributed by atoms with Crippen LogP contribution in [0.25, 0.3) is 0 Å². The molecule has 0 aromatic heterocycles. The highest BCUT2D eigenvalue weighted by atomic mass is 16.5. The highest BCUT2D eigenvalue weighted by Crippen LogP contribution is 2.45. The minimum absolute atomic E-state index is 0.0238. The largest absolute Gasteiger partial charge is 0.495 e. The molecule has 0 amide bonds. The molecule has 2 rings (SSSR count). The molecule has 5 unspecified atom stereocenters. The Balaban J connectivity index is 1.83. The first-order chi connectivity index (χ1) is 12.0. The standard InChI is InChI=1S/C20H32O5/c1-2-3-4-7-14(21)10-11-16-17-12-15(8-5-6-9-20(23)24)25-19(17)13-18(16)22/h8,10-11,14,16-19,21-22H,2-7,9,12-13H2,1H3,(H,23,24). The van der Waals surface area contributed by atoms with Gasteiger partial charge in [-0.3, -0.25) is 4.79 Å². The van der Waals surface area contributed by atoms with E-state index in [4.69, 9.17) is 9.84 Å². The molecule has 5 nitrogen and oxygen atoms in total. The van der Waals surface area contributed by atoms with E-state index < -0.39 is 18.2 Å². The minimum atomic E-state index is -0.770. The third-order valence-electron chi connectivity index (χ3n) is 5.26. The topological polar surface area (TPSA) is 87.0 Å². The number of hydrogen-bond acceptors (Lipinski definition) is 4. The molecule has 3 N–H and O–H groups in total. The first kappa shape index (κ1) is 20.0. The van der Waals surface area contributed by atoms with E-state index in [0.717, 1.165) is 37.9 Å². The smallest absolute Gasteiger partial charge is 0.303 e. The Labute approximate surface area is 150 Å². The van der Waals surface area contributed by atoms with Crippen LogP contribution in [0, 0.1) is 11.8 Å². The number of fused-ring (bicyclic) bond motifs is 1. The molecule has 1 saturated carbocycles. The highest BCUT2D eigenvalue weighted by molar-refractivity contribution is 5.66. The number of hydrogen-bond donors (Lipinski definition) is 3. The monoisotopic (exact) mass is 352 g/mol. The molecule has 2 aliphatic rings. The summed E-state index contributed by atoms with van der Waals surface area (Å²) in [7, 11) is 0. The summed E-state index contributed by atoms with van der Waals surface area (Å²) in [6.45, 7) is 2.14.